The van der Waals surface area contributed by atoms with E-state index in [9.17, 15) is 4.79 Å². The van der Waals surface area contributed by atoms with Crippen LogP contribution in [0.2, 0.25) is 0 Å². The minimum atomic E-state index is -0.241. The van der Waals surface area contributed by atoms with Gasteiger partial charge in [-0.15, -0.1) is 0 Å². The molecule has 0 spiro atoms. The quantitative estimate of drug-likeness (QED) is 0.770. The summed E-state index contributed by atoms with van der Waals surface area (Å²) in [4.78, 5) is 12.0. The summed E-state index contributed by atoms with van der Waals surface area (Å²) in [5.74, 6) is -0.285. The van der Waals surface area contributed by atoms with Gasteiger partial charge in [0.25, 0.3) is 0 Å². The number of hydrogen-bond acceptors (Lipinski definition) is 4. The van der Waals surface area contributed by atoms with Gasteiger partial charge >= 0.3 is 0 Å². The first kappa shape index (κ1) is 13.8. The molecular weight excluding hydrogens is 268 g/mol. The summed E-state index contributed by atoms with van der Waals surface area (Å²) >= 11 is 0. The van der Waals surface area contributed by atoms with E-state index < -0.39 is 0 Å². The average molecular weight is 286 g/mol. The number of rotatable bonds is 4. The Hall–Kier alpha value is -2.18. The van der Waals surface area contributed by atoms with Gasteiger partial charge in [0.1, 0.15) is 0 Å². The second kappa shape index (κ2) is 6.07. The summed E-state index contributed by atoms with van der Waals surface area (Å²) in [5.41, 5.74) is 8.90. The van der Waals surface area contributed by atoms with Gasteiger partial charge < -0.3 is 15.8 Å². The lowest BCUT2D eigenvalue weighted by molar-refractivity contribution is -0.125. The third-order valence-electron chi connectivity index (χ3n) is 3.69. The Morgan fingerprint density at radius 3 is 2.76 bits per heavy atom. The molecule has 21 heavy (non-hydrogen) atoms. The van der Waals surface area contributed by atoms with E-state index in [-0.39, 0.29) is 17.9 Å². The number of H-pyrrole nitrogens is 1. The molecule has 0 bridgehead atoms. The molecule has 2 aromatic rings. The van der Waals surface area contributed by atoms with Crippen molar-refractivity contribution in [3.63, 3.8) is 0 Å². The van der Waals surface area contributed by atoms with Gasteiger partial charge in [0.2, 0.25) is 5.91 Å². The minimum absolute atomic E-state index is 0.0438. The Morgan fingerprint density at radius 1 is 1.33 bits per heavy atom. The number of benzene rings is 1. The number of nitrogens with two attached hydrogens (primary N) is 1. The van der Waals surface area contributed by atoms with E-state index in [0.29, 0.717) is 19.8 Å². The Balaban J connectivity index is 1.57. The van der Waals surface area contributed by atoms with Crippen molar-refractivity contribution in [2.24, 2.45) is 11.7 Å². The molecule has 1 aromatic carbocycles. The van der Waals surface area contributed by atoms with Crippen LogP contribution < -0.4 is 11.1 Å². The van der Waals surface area contributed by atoms with Crippen molar-refractivity contribution in [2.75, 3.05) is 13.2 Å². The van der Waals surface area contributed by atoms with E-state index in [2.05, 4.69) is 15.5 Å². The molecule has 0 aliphatic carbocycles. The van der Waals surface area contributed by atoms with Crippen molar-refractivity contribution in [1.29, 1.82) is 0 Å². The number of hydrogen-bond donors (Lipinski definition) is 3. The molecule has 1 aromatic heterocycles. The second-order valence-corrected chi connectivity index (χ2v) is 5.19. The SMILES string of the molecule is NC1COCC1C(=O)NCc1ccc(-c2ccn[nH]2)cc1. The van der Waals surface area contributed by atoms with Gasteiger partial charge in [-0.3, -0.25) is 9.89 Å². The molecule has 3 rings (SSSR count). The summed E-state index contributed by atoms with van der Waals surface area (Å²) < 4.78 is 5.20. The van der Waals surface area contributed by atoms with Gasteiger partial charge in [-0.2, -0.15) is 5.10 Å². The van der Waals surface area contributed by atoms with Crippen molar-refractivity contribution in [3.8, 4) is 11.3 Å². The lowest BCUT2D eigenvalue weighted by Gasteiger charge is -2.13. The molecule has 1 saturated heterocycles. The van der Waals surface area contributed by atoms with Crippen molar-refractivity contribution < 1.29 is 9.53 Å². The van der Waals surface area contributed by atoms with Gasteiger partial charge in [-0.05, 0) is 17.2 Å². The maximum absolute atomic E-state index is 12.0. The predicted molar refractivity (Wildman–Crippen MR) is 78.2 cm³/mol. The van der Waals surface area contributed by atoms with Crippen LogP contribution in [0.5, 0.6) is 0 Å². The van der Waals surface area contributed by atoms with Crippen LogP contribution in [0, 0.1) is 5.92 Å². The van der Waals surface area contributed by atoms with Crippen LogP contribution in [0.1, 0.15) is 5.56 Å². The van der Waals surface area contributed by atoms with E-state index in [4.69, 9.17) is 10.5 Å². The molecule has 2 heterocycles. The molecule has 0 saturated carbocycles. The molecule has 1 aliphatic rings. The third-order valence-corrected chi connectivity index (χ3v) is 3.69. The summed E-state index contributed by atoms with van der Waals surface area (Å²) in [7, 11) is 0. The number of aromatic nitrogens is 2. The van der Waals surface area contributed by atoms with Gasteiger partial charge in [0, 0.05) is 18.8 Å². The lowest BCUT2D eigenvalue weighted by atomic mass is 10.0. The number of nitrogens with one attached hydrogen (secondary N) is 2. The van der Waals surface area contributed by atoms with Crippen molar-refractivity contribution in [1.82, 2.24) is 15.5 Å². The van der Waals surface area contributed by atoms with Gasteiger partial charge in [0.15, 0.2) is 0 Å². The molecule has 2 unspecified atom stereocenters. The highest BCUT2D eigenvalue weighted by atomic mass is 16.5. The average Bonchev–Trinajstić information content (AvgIpc) is 3.16. The van der Waals surface area contributed by atoms with Crippen LogP contribution in [0.25, 0.3) is 11.3 Å². The predicted octanol–water partition coefficient (Wildman–Crippen LogP) is 0.667. The molecule has 6 nitrogen and oxygen atoms in total. The normalized spacial score (nSPS) is 21.4. The van der Waals surface area contributed by atoms with Crippen LogP contribution >= 0.6 is 0 Å². The first-order valence-electron chi connectivity index (χ1n) is 6.94. The van der Waals surface area contributed by atoms with Crippen LogP contribution in [0.4, 0.5) is 0 Å². The van der Waals surface area contributed by atoms with Gasteiger partial charge in [-0.1, -0.05) is 24.3 Å². The van der Waals surface area contributed by atoms with E-state index >= 15 is 0 Å². The first-order chi connectivity index (χ1) is 10.2. The Labute approximate surface area is 122 Å². The largest absolute Gasteiger partial charge is 0.379 e. The molecule has 1 amide bonds. The number of aromatic amines is 1. The number of ether oxygens (including phenoxy) is 1. The van der Waals surface area contributed by atoms with Crippen LogP contribution in [-0.2, 0) is 16.1 Å². The number of carbonyl (C=O) groups is 1. The number of amides is 1. The summed E-state index contributed by atoms with van der Waals surface area (Å²) in [5, 5.41) is 9.75. The summed E-state index contributed by atoms with van der Waals surface area (Å²) in [6.07, 6.45) is 1.72. The number of nitrogens with zero attached hydrogens (tertiary/aromatic N) is 1. The maximum atomic E-state index is 12.0. The highest BCUT2D eigenvalue weighted by Crippen LogP contribution is 2.17. The molecular formula is C15H18N4O2. The van der Waals surface area contributed by atoms with E-state index in [1.54, 1.807) is 6.20 Å². The zero-order valence-corrected chi connectivity index (χ0v) is 11.6. The fraction of sp³-hybridized carbons (Fsp3) is 0.333. The first-order valence-corrected chi connectivity index (χ1v) is 6.94. The number of carbonyl (C=O) groups excluding carboxylic acids is 1. The zero-order valence-electron chi connectivity index (χ0n) is 11.6. The van der Waals surface area contributed by atoms with Gasteiger partial charge in [-0.25, -0.2) is 0 Å². The standard InChI is InChI=1S/C15H18N4O2/c16-13-9-21-8-12(13)15(20)17-7-10-1-3-11(4-2-10)14-5-6-18-19-14/h1-6,12-13H,7-9,16H2,(H,17,20)(H,18,19). The summed E-state index contributed by atoms with van der Waals surface area (Å²) in [6.45, 7) is 1.36. The van der Waals surface area contributed by atoms with Crippen molar-refractivity contribution >= 4 is 5.91 Å². The Bertz CT molecular complexity index is 595. The topological polar surface area (TPSA) is 93.0 Å². The Morgan fingerprint density at radius 2 is 2.14 bits per heavy atom. The molecule has 4 N–H and O–H groups in total. The fourth-order valence-corrected chi connectivity index (χ4v) is 2.38. The van der Waals surface area contributed by atoms with Crippen LogP contribution in [0.15, 0.2) is 36.5 Å². The molecule has 2 atom stereocenters. The molecule has 6 heteroatoms. The monoisotopic (exact) mass is 286 g/mol. The third kappa shape index (κ3) is 3.12. The molecule has 1 aliphatic heterocycles. The highest BCUT2D eigenvalue weighted by Gasteiger charge is 2.30. The lowest BCUT2D eigenvalue weighted by Crippen LogP contribution is -2.40. The summed E-state index contributed by atoms with van der Waals surface area (Å²) in [6, 6.07) is 9.69. The fourth-order valence-electron chi connectivity index (χ4n) is 2.38. The molecule has 110 valence electrons. The van der Waals surface area contributed by atoms with Crippen LogP contribution in [-0.4, -0.2) is 35.4 Å². The van der Waals surface area contributed by atoms with E-state index in [0.717, 1.165) is 16.8 Å². The minimum Gasteiger partial charge on any atom is -0.379 e. The van der Waals surface area contributed by atoms with E-state index in [1.165, 1.54) is 0 Å². The van der Waals surface area contributed by atoms with Crippen molar-refractivity contribution in [3.05, 3.63) is 42.1 Å². The smallest absolute Gasteiger partial charge is 0.227 e. The maximum Gasteiger partial charge on any atom is 0.227 e. The van der Waals surface area contributed by atoms with Gasteiger partial charge in [0.05, 0.1) is 24.8 Å². The van der Waals surface area contributed by atoms with Crippen LogP contribution in [0.3, 0.4) is 0 Å². The highest BCUT2D eigenvalue weighted by molar-refractivity contribution is 5.79. The molecule has 0 radical (unpaired) electrons. The zero-order chi connectivity index (χ0) is 14.7. The molecule has 1 fully saturated rings. The van der Waals surface area contributed by atoms with Crippen molar-refractivity contribution in [2.45, 2.75) is 12.6 Å². The Kier molecular flexibility index (Phi) is 3.98. The second-order valence-electron chi connectivity index (χ2n) is 5.19. The van der Waals surface area contributed by atoms with E-state index in [1.807, 2.05) is 30.3 Å².